The monoisotopic (exact) mass is 353 g/mol. The highest BCUT2D eigenvalue weighted by Crippen LogP contribution is 2.23. The van der Waals surface area contributed by atoms with Crippen molar-refractivity contribution in [3.8, 4) is 0 Å². The van der Waals surface area contributed by atoms with E-state index in [1.165, 1.54) is 12.3 Å². The van der Waals surface area contributed by atoms with E-state index >= 15 is 0 Å². The molecule has 3 rings (SSSR count). The number of nitrogens with zero attached hydrogens (tertiary/aromatic N) is 2. The van der Waals surface area contributed by atoms with Gasteiger partial charge in [-0.15, -0.1) is 0 Å². The molecule has 0 fully saturated rings. The molecular weight excluding hydrogens is 336 g/mol. The molecule has 26 heavy (non-hydrogen) atoms. The lowest BCUT2D eigenvalue weighted by Gasteiger charge is -2.22. The molecular formula is C20H17F2N3O. The normalized spacial score (nSPS) is 10.4. The van der Waals surface area contributed by atoms with Gasteiger partial charge in [-0.25, -0.2) is 13.8 Å². The van der Waals surface area contributed by atoms with Crippen LogP contribution in [0.2, 0.25) is 0 Å². The number of amides is 1. The van der Waals surface area contributed by atoms with Gasteiger partial charge in [0.1, 0.15) is 5.82 Å². The molecule has 0 spiro atoms. The van der Waals surface area contributed by atoms with E-state index in [4.69, 9.17) is 0 Å². The zero-order chi connectivity index (χ0) is 18.5. The van der Waals surface area contributed by atoms with Gasteiger partial charge >= 0.3 is 0 Å². The average molecular weight is 353 g/mol. The second-order valence-corrected chi connectivity index (χ2v) is 5.57. The van der Waals surface area contributed by atoms with Crippen LogP contribution in [-0.2, 0) is 0 Å². The van der Waals surface area contributed by atoms with Gasteiger partial charge in [0.25, 0.3) is 5.91 Å². The van der Waals surface area contributed by atoms with Crippen molar-refractivity contribution in [1.29, 1.82) is 0 Å². The predicted molar refractivity (Wildman–Crippen MR) is 97.7 cm³/mol. The van der Waals surface area contributed by atoms with Crippen LogP contribution in [-0.4, -0.2) is 17.4 Å². The minimum Gasteiger partial charge on any atom is -0.327 e. The van der Waals surface area contributed by atoms with Crippen molar-refractivity contribution >= 4 is 23.1 Å². The Morgan fingerprint density at radius 1 is 1.04 bits per heavy atom. The second-order valence-electron chi connectivity index (χ2n) is 5.57. The standard InChI is InChI=1S/C20H17F2N3O/c1-2-25(16-6-4-3-5-7-16)19-11-8-14(13-23-19)20(26)24-15-9-10-17(21)18(22)12-15/h3-13H,2H2,1H3,(H,24,26). The van der Waals surface area contributed by atoms with E-state index in [0.29, 0.717) is 11.4 Å². The van der Waals surface area contributed by atoms with Crippen LogP contribution in [0, 0.1) is 11.6 Å². The molecule has 0 aliphatic heterocycles. The summed E-state index contributed by atoms with van der Waals surface area (Å²) in [5.74, 6) is -1.71. The minimum atomic E-state index is -1.02. The Bertz CT molecular complexity index is 899. The molecule has 6 heteroatoms. The Morgan fingerprint density at radius 3 is 2.42 bits per heavy atom. The Kier molecular flexibility index (Phi) is 5.22. The summed E-state index contributed by atoms with van der Waals surface area (Å²) < 4.78 is 26.2. The summed E-state index contributed by atoms with van der Waals surface area (Å²) in [6, 6.07) is 16.4. The van der Waals surface area contributed by atoms with Crippen LogP contribution in [0.1, 0.15) is 17.3 Å². The summed E-state index contributed by atoms with van der Waals surface area (Å²) in [5, 5.41) is 2.52. The van der Waals surface area contributed by atoms with Gasteiger partial charge in [0.05, 0.1) is 5.56 Å². The molecule has 0 atom stereocenters. The van der Waals surface area contributed by atoms with Gasteiger partial charge in [0, 0.05) is 30.2 Å². The first-order chi connectivity index (χ1) is 12.6. The molecule has 1 N–H and O–H groups in total. The fourth-order valence-electron chi connectivity index (χ4n) is 2.54. The van der Waals surface area contributed by atoms with Crippen LogP contribution < -0.4 is 10.2 Å². The summed E-state index contributed by atoms with van der Waals surface area (Å²) in [5.41, 5.74) is 1.50. The number of pyridine rings is 1. The Labute approximate surface area is 150 Å². The van der Waals surface area contributed by atoms with Crippen LogP contribution in [0.3, 0.4) is 0 Å². The molecule has 0 saturated heterocycles. The number of anilines is 3. The maximum atomic E-state index is 13.2. The molecule has 3 aromatic rings. The molecule has 2 aromatic carbocycles. The lowest BCUT2D eigenvalue weighted by atomic mass is 10.2. The smallest absolute Gasteiger partial charge is 0.257 e. The number of carbonyl (C=O) groups is 1. The van der Waals surface area contributed by atoms with Crippen LogP contribution in [0.5, 0.6) is 0 Å². The zero-order valence-electron chi connectivity index (χ0n) is 14.1. The number of benzene rings is 2. The summed E-state index contributed by atoms with van der Waals surface area (Å²) in [7, 11) is 0. The first-order valence-corrected chi connectivity index (χ1v) is 8.13. The summed E-state index contributed by atoms with van der Waals surface area (Å²) in [6.07, 6.45) is 1.45. The Morgan fingerprint density at radius 2 is 1.81 bits per heavy atom. The van der Waals surface area contributed by atoms with Crippen LogP contribution >= 0.6 is 0 Å². The van der Waals surface area contributed by atoms with E-state index in [1.54, 1.807) is 12.1 Å². The van der Waals surface area contributed by atoms with Gasteiger partial charge in [-0.1, -0.05) is 18.2 Å². The molecule has 0 aliphatic rings. The molecule has 0 saturated carbocycles. The van der Waals surface area contributed by atoms with Gasteiger partial charge in [0.2, 0.25) is 0 Å². The highest BCUT2D eigenvalue weighted by molar-refractivity contribution is 6.04. The van der Waals surface area contributed by atoms with Crippen molar-refractivity contribution in [2.24, 2.45) is 0 Å². The highest BCUT2D eigenvalue weighted by Gasteiger charge is 2.12. The van der Waals surface area contributed by atoms with Crippen LogP contribution in [0.25, 0.3) is 0 Å². The molecule has 0 unspecified atom stereocenters. The van der Waals surface area contributed by atoms with Crippen molar-refractivity contribution in [1.82, 2.24) is 4.98 Å². The first kappa shape index (κ1) is 17.5. The minimum absolute atomic E-state index is 0.178. The number of hydrogen-bond acceptors (Lipinski definition) is 3. The number of carbonyl (C=O) groups excluding carboxylic acids is 1. The number of rotatable bonds is 5. The third-order valence-corrected chi connectivity index (χ3v) is 3.85. The summed E-state index contributed by atoms with van der Waals surface area (Å²) in [4.78, 5) is 18.6. The largest absolute Gasteiger partial charge is 0.327 e. The fourth-order valence-corrected chi connectivity index (χ4v) is 2.54. The number of hydrogen-bond donors (Lipinski definition) is 1. The van der Waals surface area contributed by atoms with Crippen LogP contribution in [0.4, 0.5) is 26.0 Å². The fraction of sp³-hybridized carbons (Fsp3) is 0.100. The third-order valence-electron chi connectivity index (χ3n) is 3.85. The highest BCUT2D eigenvalue weighted by atomic mass is 19.2. The van der Waals surface area contributed by atoms with E-state index in [2.05, 4.69) is 10.3 Å². The maximum Gasteiger partial charge on any atom is 0.257 e. The van der Waals surface area contributed by atoms with E-state index in [0.717, 1.165) is 24.4 Å². The lowest BCUT2D eigenvalue weighted by molar-refractivity contribution is 0.102. The quantitative estimate of drug-likeness (QED) is 0.719. The lowest BCUT2D eigenvalue weighted by Crippen LogP contribution is -2.18. The predicted octanol–water partition coefficient (Wildman–Crippen LogP) is 4.77. The Hall–Kier alpha value is -3.28. The van der Waals surface area contributed by atoms with Crippen molar-refractivity contribution in [3.05, 3.63) is 84.1 Å². The molecule has 1 heterocycles. The van der Waals surface area contributed by atoms with E-state index in [-0.39, 0.29) is 5.69 Å². The summed E-state index contributed by atoms with van der Waals surface area (Å²) >= 11 is 0. The van der Waals surface area contributed by atoms with Gasteiger partial charge in [-0.3, -0.25) is 4.79 Å². The topological polar surface area (TPSA) is 45.2 Å². The molecule has 0 aliphatic carbocycles. The van der Waals surface area contributed by atoms with E-state index in [9.17, 15) is 13.6 Å². The van der Waals surface area contributed by atoms with Crippen molar-refractivity contribution in [3.63, 3.8) is 0 Å². The van der Waals surface area contributed by atoms with E-state index < -0.39 is 17.5 Å². The van der Waals surface area contributed by atoms with E-state index in [1.807, 2.05) is 42.2 Å². The Balaban J connectivity index is 1.76. The maximum absolute atomic E-state index is 13.2. The molecule has 1 aromatic heterocycles. The number of halogens is 2. The van der Waals surface area contributed by atoms with Gasteiger partial charge in [-0.2, -0.15) is 0 Å². The first-order valence-electron chi connectivity index (χ1n) is 8.13. The third kappa shape index (κ3) is 3.85. The second kappa shape index (κ2) is 7.74. The average Bonchev–Trinajstić information content (AvgIpc) is 2.67. The van der Waals surface area contributed by atoms with Crippen molar-refractivity contribution in [2.75, 3.05) is 16.8 Å². The molecule has 4 nitrogen and oxygen atoms in total. The summed E-state index contributed by atoms with van der Waals surface area (Å²) in [6.45, 7) is 2.73. The van der Waals surface area contributed by atoms with Crippen molar-refractivity contribution < 1.29 is 13.6 Å². The number of nitrogens with one attached hydrogen (secondary N) is 1. The van der Waals surface area contributed by atoms with Gasteiger partial charge in [0.15, 0.2) is 11.6 Å². The molecule has 0 radical (unpaired) electrons. The number of aromatic nitrogens is 1. The van der Waals surface area contributed by atoms with Crippen LogP contribution in [0.15, 0.2) is 66.9 Å². The number of para-hydroxylation sites is 1. The SMILES string of the molecule is CCN(c1ccccc1)c1ccc(C(=O)Nc2ccc(F)c(F)c2)cn1. The van der Waals surface area contributed by atoms with Gasteiger partial charge in [-0.05, 0) is 43.3 Å². The molecule has 0 bridgehead atoms. The molecule has 132 valence electrons. The van der Waals surface area contributed by atoms with Gasteiger partial charge < -0.3 is 10.2 Å². The zero-order valence-corrected chi connectivity index (χ0v) is 14.1. The molecule has 1 amide bonds. The van der Waals surface area contributed by atoms with Crippen molar-refractivity contribution in [2.45, 2.75) is 6.92 Å².